The summed E-state index contributed by atoms with van der Waals surface area (Å²) in [7, 11) is 0. The lowest BCUT2D eigenvalue weighted by atomic mass is 10.0. The third-order valence-electron chi connectivity index (χ3n) is 3.78. The molecule has 0 spiro atoms. The molecule has 3 aromatic heterocycles. The third kappa shape index (κ3) is 4.22. The van der Waals surface area contributed by atoms with Gasteiger partial charge >= 0.3 is 6.18 Å². The second-order valence-corrected chi connectivity index (χ2v) is 6.81. The molecule has 146 valence electrons. The molecule has 3 rings (SSSR count). The van der Waals surface area contributed by atoms with Crippen molar-refractivity contribution in [3.05, 3.63) is 65.7 Å². The van der Waals surface area contributed by atoms with Crippen LogP contribution in [0.1, 0.15) is 24.6 Å². The minimum Gasteiger partial charge on any atom is -0.308 e. The molecule has 0 aliphatic heterocycles. The largest absolute Gasteiger partial charge is 0.432 e. The molecule has 28 heavy (non-hydrogen) atoms. The number of rotatable bonds is 6. The van der Waals surface area contributed by atoms with E-state index in [1.54, 1.807) is 31.5 Å². The molecular weight excluding hydrogens is 391 g/mol. The van der Waals surface area contributed by atoms with Crippen molar-refractivity contribution in [1.29, 1.82) is 0 Å². The number of hydrogen-bond donors (Lipinski definition) is 2. The lowest BCUT2D eigenvalue weighted by Crippen LogP contribution is -2.12. The van der Waals surface area contributed by atoms with E-state index in [2.05, 4.69) is 27.1 Å². The van der Waals surface area contributed by atoms with Crippen LogP contribution in [0.2, 0.25) is 0 Å². The number of aromatic nitrogens is 4. The maximum absolute atomic E-state index is 12.9. The zero-order valence-corrected chi connectivity index (χ0v) is 15.6. The number of imidazole rings is 1. The monoisotopic (exact) mass is 407 g/mol. The van der Waals surface area contributed by atoms with E-state index in [-0.39, 0.29) is 23.0 Å². The van der Waals surface area contributed by atoms with Gasteiger partial charge in [-0.3, -0.25) is 14.3 Å². The van der Waals surface area contributed by atoms with Crippen molar-refractivity contribution in [3.63, 3.8) is 0 Å². The smallest absolute Gasteiger partial charge is 0.308 e. The summed E-state index contributed by atoms with van der Waals surface area (Å²) < 4.78 is 39.7. The average molecular weight is 407 g/mol. The first-order valence-electron chi connectivity index (χ1n) is 8.10. The fourth-order valence-corrected chi connectivity index (χ4v) is 3.53. The standard InChI is InChI=1S/C18H16F3N5OS/c1-3-4-12(13-7-23-24-8-13)5-11(2)6-15(27)25-16-17-26(10-22-16)14(9-28-17)18(19,20)21/h3-5,7-10H,1,6H2,2H3,(H,23,24)(H,25,27)/b11-5+,12-4+. The van der Waals surface area contributed by atoms with E-state index in [1.165, 1.54) is 0 Å². The van der Waals surface area contributed by atoms with E-state index in [0.717, 1.165) is 44.2 Å². The van der Waals surface area contributed by atoms with Gasteiger partial charge in [-0.15, -0.1) is 11.3 Å². The molecule has 6 nitrogen and oxygen atoms in total. The van der Waals surface area contributed by atoms with Gasteiger partial charge in [0.2, 0.25) is 5.91 Å². The number of fused-ring (bicyclic) bond motifs is 1. The van der Waals surface area contributed by atoms with Gasteiger partial charge in [-0.2, -0.15) is 18.3 Å². The molecule has 3 aromatic rings. The van der Waals surface area contributed by atoms with Crippen molar-refractivity contribution in [1.82, 2.24) is 19.6 Å². The molecule has 0 aromatic carbocycles. The Morgan fingerprint density at radius 1 is 1.46 bits per heavy atom. The second-order valence-electron chi connectivity index (χ2n) is 5.95. The van der Waals surface area contributed by atoms with Crippen LogP contribution in [0.25, 0.3) is 10.4 Å². The van der Waals surface area contributed by atoms with E-state index in [9.17, 15) is 18.0 Å². The quantitative estimate of drug-likeness (QED) is 0.583. The molecular formula is C18H16F3N5OS. The number of aromatic amines is 1. The van der Waals surface area contributed by atoms with Crippen LogP contribution in [0.4, 0.5) is 19.0 Å². The molecule has 0 aliphatic carbocycles. The molecule has 0 aliphatic rings. The molecule has 10 heteroatoms. The molecule has 0 atom stereocenters. The fraction of sp³-hybridized carbons (Fsp3) is 0.167. The highest BCUT2D eigenvalue weighted by molar-refractivity contribution is 7.16. The summed E-state index contributed by atoms with van der Waals surface area (Å²) in [6.45, 7) is 5.46. The van der Waals surface area contributed by atoms with Crippen molar-refractivity contribution in [2.45, 2.75) is 19.5 Å². The number of halogens is 3. The first-order valence-corrected chi connectivity index (χ1v) is 8.98. The summed E-state index contributed by atoms with van der Waals surface area (Å²) in [6, 6.07) is 0. The normalized spacial score (nSPS) is 13.1. The lowest BCUT2D eigenvalue weighted by Gasteiger charge is -2.05. The van der Waals surface area contributed by atoms with Gasteiger partial charge in [0.15, 0.2) is 5.82 Å². The summed E-state index contributed by atoms with van der Waals surface area (Å²) in [4.78, 5) is 16.4. The maximum Gasteiger partial charge on any atom is 0.432 e. The van der Waals surface area contributed by atoms with Crippen LogP contribution in [-0.4, -0.2) is 25.5 Å². The Hall–Kier alpha value is -3.14. The Bertz CT molecular complexity index is 1060. The van der Waals surface area contributed by atoms with E-state index < -0.39 is 11.9 Å². The second kappa shape index (κ2) is 7.85. The van der Waals surface area contributed by atoms with Crippen LogP contribution in [0, 0.1) is 0 Å². The number of hydrogen-bond acceptors (Lipinski definition) is 4. The van der Waals surface area contributed by atoms with Gasteiger partial charge in [-0.05, 0) is 12.5 Å². The minimum absolute atomic E-state index is 0.0584. The van der Waals surface area contributed by atoms with Gasteiger partial charge in [-0.1, -0.05) is 30.4 Å². The molecule has 1 amide bonds. The molecule has 0 saturated heterocycles. The van der Waals surface area contributed by atoms with Crippen molar-refractivity contribution >= 4 is 33.5 Å². The predicted molar refractivity (Wildman–Crippen MR) is 102 cm³/mol. The van der Waals surface area contributed by atoms with Gasteiger partial charge < -0.3 is 5.32 Å². The first-order chi connectivity index (χ1) is 13.3. The van der Waals surface area contributed by atoms with Gasteiger partial charge in [0.25, 0.3) is 0 Å². The summed E-state index contributed by atoms with van der Waals surface area (Å²) in [5, 5.41) is 10.2. The number of thiazole rings is 1. The number of allylic oxidation sites excluding steroid dienone is 4. The highest BCUT2D eigenvalue weighted by atomic mass is 32.1. The zero-order chi connectivity index (χ0) is 20.3. The number of nitrogens with one attached hydrogen (secondary N) is 2. The summed E-state index contributed by atoms with van der Waals surface area (Å²) >= 11 is 0.871. The van der Waals surface area contributed by atoms with Crippen molar-refractivity contribution in [2.24, 2.45) is 0 Å². The molecule has 0 fully saturated rings. The fourth-order valence-electron chi connectivity index (χ4n) is 2.59. The molecule has 2 N–H and O–H groups in total. The van der Waals surface area contributed by atoms with E-state index in [1.807, 2.05) is 6.08 Å². The third-order valence-corrected chi connectivity index (χ3v) is 4.74. The number of carbonyl (C=O) groups is 1. The van der Waals surface area contributed by atoms with Gasteiger partial charge in [0.1, 0.15) is 16.9 Å². The van der Waals surface area contributed by atoms with E-state index in [0.29, 0.717) is 0 Å². The van der Waals surface area contributed by atoms with Gasteiger partial charge in [-0.25, -0.2) is 4.98 Å². The van der Waals surface area contributed by atoms with E-state index >= 15 is 0 Å². The topological polar surface area (TPSA) is 75.1 Å². The van der Waals surface area contributed by atoms with Crippen LogP contribution in [0.15, 0.2) is 54.5 Å². The Balaban J connectivity index is 1.73. The van der Waals surface area contributed by atoms with Crippen LogP contribution in [0.5, 0.6) is 0 Å². The number of amides is 1. The van der Waals surface area contributed by atoms with Gasteiger partial charge in [0, 0.05) is 23.6 Å². The van der Waals surface area contributed by atoms with Crippen LogP contribution < -0.4 is 5.32 Å². The number of H-pyrrole nitrogens is 1. The minimum atomic E-state index is -4.49. The Kier molecular flexibility index (Phi) is 5.50. The summed E-state index contributed by atoms with van der Waals surface area (Å²) in [5.74, 6) is -0.267. The molecule has 0 unspecified atom stereocenters. The average Bonchev–Trinajstić information content (AvgIpc) is 3.32. The Labute approximate surface area is 162 Å². The lowest BCUT2D eigenvalue weighted by molar-refractivity contribution is -0.141. The van der Waals surface area contributed by atoms with Crippen molar-refractivity contribution < 1.29 is 18.0 Å². The van der Waals surface area contributed by atoms with Crippen LogP contribution in [0.3, 0.4) is 0 Å². The first kappa shape index (κ1) is 19.6. The summed E-state index contributed by atoms with van der Waals surface area (Å²) in [5.41, 5.74) is 1.60. The van der Waals surface area contributed by atoms with Crippen LogP contribution in [-0.2, 0) is 11.0 Å². The van der Waals surface area contributed by atoms with Crippen molar-refractivity contribution in [3.8, 4) is 0 Å². The maximum atomic E-state index is 12.9. The molecule has 0 bridgehead atoms. The highest BCUT2D eigenvalue weighted by Crippen LogP contribution is 2.35. The van der Waals surface area contributed by atoms with Crippen molar-refractivity contribution in [2.75, 3.05) is 5.32 Å². The number of alkyl halides is 3. The Morgan fingerprint density at radius 2 is 2.25 bits per heavy atom. The van der Waals surface area contributed by atoms with Crippen LogP contribution >= 0.6 is 11.3 Å². The predicted octanol–water partition coefficient (Wildman–Crippen LogP) is 4.68. The summed E-state index contributed by atoms with van der Waals surface area (Å²) in [6.07, 6.45) is 5.23. The molecule has 0 saturated carbocycles. The molecule has 0 radical (unpaired) electrons. The zero-order valence-electron chi connectivity index (χ0n) is 14.7. The SMILES string of the molecule is C=C/C=C(\C=C(/C)CC(=O)Nc1ncn2c(C(F)(F)F)csc12)c1cn[nH]c1. The highest BCUT2D eigenvalue weighted by Gasteiger charge is 2.35. The van der Waals surface area contributed by atoms with Gasteiger partial charge in [0.05, 0.1) is 6.20 Å². The number of carbonyl (C=O) groups excluding carboxylic acids is 1. The number of anilines is 1. The van der Waals surface area contributed by atoms with E-state index in [4.69, 9.17) is 0 Å². The molecule has 3 heterocycles. The number of nitrogens with zero attached hydrogens (tertiary/aromatic N) is 3. The Morgan fingerprint density at radius 3 is 2.89 bits per heavy atom.